The first kappa shape index (κ1) is 76.5. The molecule has 31 aromatic rings. The van der Waals surface area contributed by atoms with Crippen LogP contribution in [0.4, 0.5) is 0 Å². The number of fused-ring (bicyclic) bond motifs is 42. The maximum Gasteiger partial charge on any atom is 0.146 e. The van der Waals surface area contributed by atoms with Crippen molar-refractivity contribution in [2.75, 3.05) is 0 Å². The lowest BCUT2D eigenvalue weighted by Crippen LogP contribution is -1.94. The second-order valence-electron chi connectivity index (χ2n) is 35.8. The van der Waals surface area contributed by atoms with Gasteiger partial charge in [0, 0.05) is 120 Å². The highest BCUT2D eigenvalue weighted by molar-refractivity contribution is 7.25. The Kier molecular flexibility index (Phi) is 16.9. The van der Waals surface area contributed by atoms with Crippen molar-refractivity contribution in [3.63, 3.8) is 0 Å². The van der Waals surface area contributed by atoms with Crippen LogP contribution in [0.25, 0.3) is 289 Å². The van der Waals surface area contributed by atoms with Crippen LogP contribution in [-0.2, 0) is 0 Å². The molecule has 0 spiro atoms. The van der Waals surface area contributed by atoms with E-state index in [0.29, 0.717) is 0 Å². The molecule has 0 aliphatic rings. The highest BCUT2D eigenvalue weighted by Crippen LogP contribution is 2.47. The lowest BCUT2D eigenvalue weighted by Gasteiger charge is -2.14. The summed E-state index contributed by atoms with van der Waals surface area (Å²) in [5, 5.41) is 26.3. The molecule has 20 aromatic carbocycles. The average molecular weight is 1760 g/mol. The largest absolute Gasteiger partial charge is 0.455 e. The van der Waals surface area contributed by atoms with E-state index in [1.807, 2.05) is 66.3 Å². The highest BCUT2D eigenvalue weighted by Gasteiger charge is 2.24. The van der Waals surface area contributed by atoms with Gasteiger partial charge < -0.3 is 4.42 Å². The highest BCUT2D eigenvalue weighted by atomic mass is 32.1. The maximum absolute atomic E-state index is 6.38. The smallest absolute Gasteiger partial charge is 0.146 e. The second-order valence-corrected chi connectivity index (χ2v) is 36.9. The SMILES string of the molecule is c1cc(-c2ccc3c(c2)c2c(ccc4cccnc42)c2nc4ccccc4n32)cc(-c2cccc3c2oc2ccccc23)c1.c1cc(-c2ccc3c4ccccc4c4ccccc4c3c2)cc(-c2ccc3c(c2)c2c(ccc4cccnc42)c2nc4ccccc4n32)c1.c1cnc2c(c1)ccc1c2c2cc(-c3ccc(-c4ccc5sc6ccccc6c5c4)cc3)ccc2n2c3ccccc3nc12. The van der Waals surface area contributed by atoms with E-state index in [1.165, 1.54) is 108 Å². The number of thiophene rings is 1. The Morgan fingerprint density at radius 3 is 1.02 bits per heavy atom. The van der Waals surface area contributed by atoms with Gasteiger partial charge in [-0.2, -0.15) is 0 Å². The lowest BCUT2D eigenvalue weighted by atomic mass is 9.91. The zero-order valence-corrected chi connectivity index (χ0v) is 74.3. The summed E-state index contributed by atoms with van der Waals surface area (Å²) in [7, 11) is 0. The maximum atomic E-state index is 6.38. The van der Waals surface area contributed by atoms with Crippen molar-refractivity contribution < 1.29 is 4.42 Å². The van der Waals surface area contributed by atoms with E-state index in [-0.39, 0.29) is 0 Å². The minimum atomic E-state index is 0.909. The minimum Gasteiger partial charge on any atom is -0.455 e. The molecule has 0 bridgehead atoms. The number of nitrogens with zero attached hydrogens (tertiary/aromatic N) is 9. The number of aromatic nitrogens is 9. The fourth-order valence-electron chi connectivity index (χ4n) is 22.1. The van der Waals surface area contributed by atoms with Crippen LogP contribution in [0.5, 0.6) is 0 Å². The molecular weight excluding hydrogens is 1690 g/mol. The molecule has 634 valence electrons. The summed E-state index contributed by atoms with van der Waals surface area (Å²) in [6, 6.07) is 152. The number of pyridine rings is 6. The van der Waals surface area contributed by atoms with Crippen molar-refractivity contribution in [3.8, 4) is 66.8 Å². The minimum absolute atomic E-state index is 0.909. The van der Waals surface area contributed by atoms with Gasteiger partial charge in [-0.3, -0.25) is 28.2 Å². The van der Waals surface area contributed by atoms with Crippen LogP contribution in [0.2, 0.25) is 0 Å². The third kappa shape index (κ3) is 11.9. The van der Waals surface area contributed by atoms with E-state index < -0.39 is 0 Å². The van der Waals surface area contributed by atoms with Gasteiger partial charge >= 0.3 is 0 Å². The van der Waals surface area contributed by atoms with E-state index in [4.69, 9.17) is 34.3 Å². The van der Waals surface area contributed by atoms with Crippen LogP contribution >= 0.6 is 11.3 Å². The zero-order chi connectivity index (χ0) is 89.6. The molecule has 0 N–H and O–H groups in total. The first-order valence-electron chi connectivity index (χ1n) is 46.4. The molecule has 0 fully saturated rings. The topological polar surface area (TPSA) is 104 Å². The number of benzene rings is 20. The quantitative estimate of drug-likeness (QED) is 0.153. The Bertz CT molecular complexity index is 10600. The molecule has 0 saturated carbocycles. The fourth-order valence-corrected chi connectivity index (χ4v) is 23.1. The van der Waals surface area contributed by atoms with Crippen LogP contribution < -0.4 is 0 Å². The van der Waals surface area contributed by atoms with Gasteiger partial charge in [-0.1, -0.05) is 273 Å². The standard InChI is InChI=1S/C46H27N3.C40H23N3O.C40H23N3S/c1-2-14-35-33(12-1)34-13-3-4-15-36(34)39-26-31(19-21-37(35)39)29-9-7-10-30(25-29)32-20-23-42-40(27-32)44-38(22-18-28-11-8-24-47-45(28)44)46-48-41-16-5-6-17-43(41)49(42)46;1-4-16-36-29(11-1)30-13-6-12-28(39(30)44-36)27-9-5-8-25(22-27)26-18-20-34-32(23-26)37-31(19-17-24-10-7-21-41-38(24)37)40-42-33-14-2-3-15-35(33)43(34)40;1-4-10-36-29(7-1)31-22-28(17-20-37(31)44-36)25-13-11-24(12-14-25)27-16-19-34-32(23-27)38-30(18-15-26-6-5-21-41-39(26)38)40-42-33-8-2-3-9-35(33)43(34)40/h1-27H;2*1-23H. The fraction of sp³-hybridized carbons (Fsp3) is 0. The second kappa shape index (κ2) is 30.2. The van der Waals surface area contributed by atoms with Crippen molar-refractivity contribution in [3.05, 3.63) is 443 Å². The molecular formula is C126H73N9OS. The number of para-hydroxylation sites is 8. The van der Waals surface area contributed by atoms with Gasteiger partial charge in [0.25, 0.3) is 0 Å². The third-order valence-corrected chi connectivity index (χ3v) is 29.5. The molecule has 31 rings (SSSR count). The Labute approximate surface area is 785 Å². The molecule has 11 aromatic heterocycles. The van der Waals surface area contributed by atoms with Crippen molar-refractivity contribution in [1.82, 2.24) is 43.1 Å². The van der Waals surface area contributed by atoms with Crippen LogP contribution in [0.1, 0.15) is 0 Å². The summed E-state index contributed by atoms with van der Waals surface area (Å²) in [4.78, 5) is 29.9. The van der Waals surface area contributed by atoms with E-state index in [0.717, 1.165) is 181 Å². The number of furan rings is 1. The van der Waals surface area contributed by atoms with Crippen molar-refractivity contribution in [2.45, 2.75) is 0 Å². The Morgan fingerprint density at radius 1 is 0.197 bits per heavy atom. The molecule has 0 aliphatic heterocycles. The zero-order valence-electron chi connectivity index (χ0n) is 73.5. The van der Waals surface area contributed by atoms with Gasteiger partial charge in [0.1, 0.15) is 28.1 Å². The summed E-state index contributed by atoms with van der Waals surface area (Å²) in [5.74, 6) is 0. The van der Waals surface area contributed by atoms with E-state index in [1.54, 1.807) is 0 Å². The Morgan fingerprint density at radius 2 is 0.533 bits per heavy atom. The van der Waals surface area contributed by atoms with Gasteiger partial charge in [-0.05, 0) is 245 Å². The first-order chi connectivity index (χ1) is 67.9. The van der Waals surface area contributed by atoms with Crippen molar-refractivity contribution in [1.29, 1.82) is 0 Å². The summed E-state index contributed by atoms with van der Waals surface area (Å²) in [6.07, 6.45) is 5.66. The van der Waals surface area contributed by atoms with Crippen LogP contribution in [-0.4, -0.2) is 43.1 Å². The van der Waals surface area contributed by atoms with Crippen LogP contribution in [0.3, 0.4) is 0 Å². The predicted molar refractivity (Wildman–Crippen MR) is 574 cm³/mol. The van der Waals surface area contributed by atoms with E-state index in [2.05, 4.69) is 401 Å². The van der Waals surface area contributed by atoms with Crippen LogP contribution in [0, 0.1) is 0 Å². The first-order valence-corrected chi connectivity index (χ1v) is 47.2. The van der Waals surface area contributed by atoms with Gasteiger partial charge in [0.05, 0.1) is 66.2 Å². The van der Waals surface area contributed by atoms with Gasteiger partial charge in [0.15, 0.2) is 0 Å². The summed E-state index contributed by atoms with van der Waals surface area (Å²) >= 11 is 1.86. The van der Waals surface area contributed by atoms with E-state index in [9.17, 15) is 0 Å². The molecule has 10 nitrogen and oxygen atoms in total. The molecule has 11 heteroatoms. The summed E-state index contributed by atoms with van der Waals surface area (Å²) in [5.41, 5.74) is 31.5. The Balaban J connectivity index is 0.0000000996. The number of imidazole rings is 3. The van der Waals surface area contributed by atoms with Gasteiger partial charge in [-0.15, -0.1) is 11.3 Å². The summed E-state index contributed by atoms with van der Waals surface area (Å²) in [6.45, 7) is 0. The normalized spacial score (nSPS) is 12.1. The van der Waals surface area contributed by atoms with Gasteiger partial charge in [0.2, 0.25) is 0 Å². The Hall–Kier alpha value is -18.2. The molecule has 0 atom stereocenters. The molecule has 0 radical (unpaired) electrons. The molecule has 0 unspecified atom stereocenters. The van der Waals surface area contributed by atoms with Crippen LogP contribution in [0.15, 0.2) is 448 Å². The average Bonchev–Trinajstić information content (AvgIpc) is 1.61. The molecule has 0 amide bonds. The number of hydrogen-bond donors (Lipinski definition) is 0. The molecule has 0 saturated heterocycles. The third-order valence-electron chi connectivity index (χ3n) is 28.4. The predicted octanol–water partition coefficient (Wildman–Crippen LogP) is 33.8. The lowest BCUT2D eigenvalue weighted by molar-refractivity contribution is 0.670. The number of rotatable bonds is 6. The van der Waals surface area contributed by atoms with Crippen molar-refractivity contribution in [2.24, 2.45) is 0 Å². The monoisotopic (exact) mass is 1760 g/mol. The molecule has 11 heterocycles. The summed E-state index contributed by atoms with van der Waals surface area (Å²) < 4.78 is 16.0. The van der Waals surface area contributed by atoms with Crippen molar-refractivity contribution >= 4 is 234 Å². The molecule has 0 aliphatic carbocycles. The van der Waals surface area contributed by atoms with Gasteiger partial charge in [-0.25, -0.2) is 15.0 Å². The molecule has 137 heavy (non-hydrogen) atoms. The van der Waals surface area contributed by atoms with E-state index >= 15 is 0 Å². The number of hydrogen-bond acceptors (Lipinski definition) is 8.